The summed E-state index contributed by atoms with van der Waals surface area (Å²) in [7, 11) is 0. The highest BCUT2D eigenvalue weighted by Crippen LogP contribution is 2.33. The highest BCUT2D eigenvalue weighted by molar-refractivity contribution is 5.80. The lowest BCUT2D eigenvalue weighted by molar-refractivity contribution is -0.136. The van der Waals surface area contributed by atoms with Gasteiger partial charge in [0, 0.05) is 32.3 Å². The van der Waals surface area contributed by atoms with Gasteiger partial charge in [-0.1, -0.05) is 18.2 Å². The van der Waals surface area contributed by atoms with Crippen molar-refractivity contribution in [2.75, 3.05) is 39.4 Å². The zero-order valence-electron chi connectivity index (χ0n) is 15.5. The number of hydrogen-bond acceptors (Lipinski definition) is 4. The number of amides is 2. The van der Waals surface area contributed by atoms with E-state index in [2.05, 4.69) is 10.2 Å². The van der Waals surface area contributed by atoms with Crippen molar-refractivity contribution in [3.63, 3.8) is 0 Å². The Labute approximate surface area is 158 Å². The molecule has 1 spiro atoms. The second-order valence-electron chi connectivity index (χ2n) is 7.81. The monoisotopic (exact) mass is 375 g/mol. The van der Waals surface area contributed by atoms with E-state index >= 15 is 0 Å². The maximum atomic E-state index is 13.8. The lowest BCUT2D eigenvalue weighted by Crippen LogP contribution is -2.67. The summed E-state index contributed by atoms with van der Waals surface area (Å²) in [6.07, 6.45) is 2.69. The first-order valence-corrected chi connectivity index (χ1v) is 9.70. The minimum absolute atomic E-state index is 0.0335. The van der Waals surface area contributed by atoms with Crippen molar-refractivity contribution in [1.82, 2.24) is 15.1 Å². The number of carbonyl (C=O) groups excluding carboxylic acids is 2. The van der Waals surface area contributed by atoms with E-state index in [4.69, 9.17) is 4.74 Å². The molecule has 1 aromatic rings. The van der Waals surface area contributed by atoms with Gasteiger partial charge in [0.25, 0.3) is 0 Å². The molecule has 3 heterocycles. The Hall–Kier alpha value is -1.99. The summed E-state index contributed by atoms with van der Waals surface area (Å²) >= 11 is 0. The van der Waals surface area contributed by atoms with Crippen molar-refractivity contribution >= 4 is 11.8 Å². The number of ether oxygens (including phenoxy) is 1. The van der Waals surface area contributed by atoms with Crippen LogP contribution in [0.3, 0.4) is 0 Å². The molecule has 27 heavy (non-hydrogen) atoms. The normalized spacial score (nSPS) is 27.1. The average Bonchev–Trinajstić information content (AvgIpc) is 3.15. The third-order valence-corrected chi connectivity index (χ3v) is 6.18. The van der Waals surface area contributed by atoms with Crippen LogP contribution in [0.4, 0.5) is 4.39 Å². The molecule has 2 amide bonds. The zero-order chi connectivity index (χ0) is 18.9. The van der Waals surface area contributed by atoms with Gasteiger partial charge < -0.3 is 15.0 Å². The third-order valence-electron chi connectivity index (χ3n) is 6.18. The molecule has 6 nitrogen and oxygen atoms in total. The molecule has 0 radical (unpaired) electrons. The lowest BCUT2D eigenvalue weighted by atomic mass is 9.89. The molecule has 1 unspecified atom stereocenters. The highest BCUT2D eigenvalue weighted by atomic mass is 19.1. The van der Waals surface area contributed by atoms with Crippen LogP contribution < -0.4 is 5.32 Å². The van der Waals surface area contributed by atoms with Crippen LogP contribution in [-0.4, -0.2) is 72.6 Å². The van der Waals surface area contributed by atoms with Crippen molar-refractivity contribution in [3.8, 4) is 0 Å². The Kier molecular flexibility index (Phi) is 5.14. The highest BCUT2D eigenvalue weighted by Gasteiger charge is 2.47. The first-order valence-electron chi connectivity index (χ1n) is 9.70. The Balaban J connectivity index is 1.37. The molecule has 3 aliphatic rings. The number of piperidine rings is 1. The SMILES string of the molecule is O=C1CN(C2CCN(C(=O)Cc3ccccc3F)CC2)C2(CCOC2)CN1. The summed E-state index contributed by atoms with van der Waals surface area (Å²) < 4.78 is 19.4. The molecule has 0 aliphatic carbocycles. The molecule has 3 fully saturated rings. The van der Waals surface area contributed by atoms with Gasteiger partial charge in [-0.15, -0.1) is 0 Å². The van der Waals surface area contributed by atoms with Crippen LogP contribution in [0.5, 0.6) is 0 Å². The number of carbonyl (C=O) groups is 2. The van der Waals surface area contributed by atoms with Crippen molar-refractivity contribution in [3.05, 3.63) is 35.6 Å². The summed E-state index contributed by atoms with van der Waals surface area (Å²) in [5, 5.41) is 2.98. The van der Waals surface area contributed by atoms with Gasteiger partial charge in [0.05, 0.1) is 25.1 Å². The molecule has 0 saturated carbocycles. The molecule has 0 aromatic heterocycles. The van der Waals surface area contributed by atoms with Gasteiger partial charge in [0.1, 0.15) is 5.82 Å². The second kappa shape index (κ2) is 7.56. The van der Waals surface area contributed by atoms with Gasteiger partial charge >= 0.3 is 0 Å². The fourth-order valence-corrected chi connectivity index (χ4v) is 4.57. The van der Waals surface area contributed by atoms with Gasteiger partial charge in [0.2, 0.25) is 11.8 Å². The molecule has 7 heteroatoms. The number of nitrogens with one attached hydrogen (secondary N) is 1. The maximum Gasteiger partial charge on any atom is 0.234 e. The standard InChI is InChI=1S/C20H26FN3O3/c21-17-4-2-1-3-15(17)11-19(26)23-8-5-16(6-9-23)24-12-18(25)22-13-20(24)7-10-27-14-20/h1-4,16H,5-14H2,(H,22,25). The van der Waals surface area contributed by atoms with E-state index < -0.39 is 0 Å². The molecule has 4 rings (SSSR count). The first kappa shape index (κ1) is 18.4. The number of hydrogen-bond donors (Lipinski definition) is 1. The fourth-order valence-electron chi connectivity index (χ4n) is 4.57. The van der Waals surface area contributed by atoms with E-state index in [9.17, 15) is 14.0 Å². The van der Waals surface area contributed by atoms with E-state index in [1.807, 2.05) is 4.90 Å². The van der Waals surface area contributed by atoms with Gasteiger partial charge in [0.15, 0.2) is 0 Å². The van der Waals surface area contributed by atoms with Crippen LogP contribution in [0.25, 0.3) is 0 Å². The summed E-state index contributed by atoms with van der Waals surface area (Å²) in [5.41, 5.74) is 0.345. The summed E-state index contributed by atoms with van der Waals surface area (Å²) in [6, 6.07) is 6.71. The van der Waals surface area contributed by atoms with Gasteiger partial charge in [-0.05, 0) is 30.9 Å². The van der Waals surface area contributed by atoms with E-state index in [0.29, 0.717) is 38.3 Å². The van der Waals surface area contributed by atoms with Crippen LogP contribution >= 0.6 is 0 Å². The van der Waals surface area contributed by atoms with Crippen molar-refractivity contribution in [2.24, 2.45) is 0 Å². The Bertz CT molecular complexity index is 712. The average molecular weight is 375 g/mol. The van der Waals surface area contributed by atoms with Crippen molar-refractivity contribution < 1.29 is 18.7 Å². The van der Waals surface area contributed by atoms with Crippen molar-refractivity contribution in [1.29, 1.82) is 0 Å². The Morgan fingerprint density at radius 1 is 1.30 bits per heavy atom. The second-order valence-corrected chi connectivity index (χ2v) is 7.81. The third kappa shape index (κ3) is 3.71. The molecule has 1 aromatic carbocycles. The van der Waals surface area contributed by atoms with Crippen LogP contribution in [-0.2, 0) is 20.7 Å². The molecule has 1 atom stereocenters. The Morgan fingerprint density at radius 3 is 2.78 bits per heavy atom. The molecule has 146 valence electrons. The van der Waals surface area contributed by atoms with E-state index in [0.717, 1.165) is 25.9 Å². The fraction of sp³-hybridized carbons (Fsp3) is 0.600. The number of piperazine rings is 1. The van der Waals surface area contributed by atoms with E-state index in [1.54, 1.807) is 18.2 Å². The summed E-state index contributed by atoms with van der Waals surface area (Å²) in [4.78, 5) is 28.7. The van der Waals surface area contributed by atoms with E-state index in [-0.39, 0.29) is 35.6 Å². The number of likely N-dealkylation sites (tertiary alicyclic amines) is 1. The summed E-state index contributed by atoms with van der Waals surface area (Å²) in [6.45, 7) is 3.71. The van der Waals surface area contributed by atoms with Crippen LogP contribution in [0, 0.1) is 5.82 Å². The topological polar surface area (TPSA) is 61.9 Å². The summed E-state index contributed by atoms with van der Waals surface area (Å²) in [5.74, 6) is -0.303. The minimum atomic E-state index is -0.330. The van der Waals surface area contributed by atoms with Crippen molar-refractivity contribution in [2.45, 2.75) is 37.3 Å². The largest absolute Gasteiger partial charge is 0.379 e. The van der Waals surface area contributed by atoms with Crippen LogP contribution in [0.2, 0.25) is 0 Å². The number of nitrogens with zero attached hydrogens (tertiary/aromatic N) is 2. The molecular weight excluding hydrogens is 349 g/mol. The molecule has 3 aliphatic heterocycles. The quantitative estimate of drug-likeness (QED) is 0.855. The molecule has 0 bridgehead atoms. The van der Waals surface area contributed by atoms with Gasteiger partial charge in [-0.25, -0.2) is 4.39 Å². The zero-order valence-corrected chi connectivity index (χ0v) is 15.5. The lowest BCUT2D eigenvalue weighted by Gasteiger charge is -2.49. The molecule has 1 N–H and O–H groups in total. The predicted octanol–water partition coefficient (Wildman–Crippen LogP) is 0.950. The predicted molar refractivity (Wildman–Crippen MR) is 97.6 cm³/mol. The molecule has 3 saturated heterocycles. The smallest absolute Gasteiger partial charge is 0.234 e. The number of benzene rings is 1. The maximum absolute atomic E-state index is 13.8. The minimum Gasteiger partial charge on any atom is -0.379 e. The Morgan fingerprint density at radius 2 is 2.07 bits per heavy atom. The first-order chi connectivity index (χ1) is 13.1. The van der Waals surface area contributed by atoms with Gasteiger partial charge in [-0.2, -0.15) is 0 Å². The van der Waals surface area contributed by atoms with Crippen LogP contribution in [0.1, 0.15) is 24.8 Å². The number of halogens is 1. The van der Waals surface area contributed by atoms with E-state index in [1.165, 1.54) is 6.07 Å². The van der Waals surface area contributed by atoms with Gasteiger partial charge in [-0.3, -0.25) is 14.5 Å². The number of rotatable bonds is 3. The molecular formula is C20H26FN3O3. The van der Waals surface area contributed by atoms with Crippen LogP contribution in [0.15, 0.2) is 24.3 Å².